The molecule has 0 aliphatic rings. The maximum atomic E-state index is 12.0. The molecule has 20 heavy (non-hydrogen) atoms. The van der Waals surface area contributed by atoms with Gasteiger partial charge in [0.05, 0.1) is 20.6 Å². The molecule has 0 spiro atoms. The Hall–Kier alpha value is -2.24. The highest BCUT2D eigenvalue weighted by atomic mass is 16.5. The summed E-state index contributed by atoms with van der Waals surface area (Å²) < 4.78 is 10.4. The van der Waals surface area contributed by atoms with Crippen molar-refractivity contribution in [2.24, 2.45) is 0 Å². The number of ether oxygens (including phenoxy) is 2. The second-order valence-electron chi connectivity index (χ2n) is 4.80. The quantitative estimate of drug-likeness (QED) is 0.819. The number of benzene rings is 1. The van der Waals surface area contributed by atoms with Crippen LogP contribution in [0, 0.1) is 0 Å². The van der Waals surface area contributed by atoms with Gasteiger partial charge < -0.3 is 19.9 Å². The Morgan fingerprint density at radius 1 is 1.20 bits per heavy atom. The van der Waals surface area contributed by atoms with Crippen molar-refractivity contribution in [3.63, 3.8) is 0 Å². The molecule has 0 saturated carbocycles. The van der Waals surface area contributed by atoms with Crippen molar-refractivity contribution in [1.29, 1.82) is 0 Å². The van der Waals surface area contributed by atoms with Crippen molar-refractivity contribution in [3.8, 4) is 11.5 Å². The summed E-state index contributed by atoms with van der Waals surface area (Å²) in [5.74, 6) is -0.474. The molecule has 0 heterocycles. The van der Waals surface area contributed by atoms with Crippen molar-refractivity contribution in [1.82, 2.24) is 5.32 Å². The van der Waals surface area contributed by atoms with Gasteiger partial charge in [-0.3, -0.25) is 4.79 Å². The van der Waals surface area contributed by atoms with E-state index in [0.29, 0.717) is 17.1 Å². The number of hydrogen-bond acceptors (Lipinski definition) is 4. The van der Waals surface area contributed by atoms with Crippen LogP contribution in [0.15, 0.2) is 18.2 Å². The molecule has 1 aromatic carbocycles. The van der Waals surface area contributed by atoms with E-state index in [1.54, 1.807) is 18.2 Å². The molecule has 6 heteroatoms. The molecule has 0 aromatic heterocycles. The second kappa shape index (κ2) is 6.27. The number of nitrogens with one attached hydrogen (secondary N) is 1. The van der Waals surface area contributed by atoms with Crippen LogP contribution in [0.3, 0.4) is 0 Å². The maximum Gasteiger partial charge on any atom is 0.328 e. The van der Waals surface area contributed by atoms with E-state index in [2.05, 4.69) is 5.32 Å². The van der Waals surface area contributed by atoms with Gasteiger partial charge in [0.1, 0.15) is 17.0 Å². The molecule has 2 N–H and O–H groups in total. The van der Waals surface area contributed by atoms with Crippen LogP contribution < -0.4 is 14.8 Å². The summed E-state index contributed by atoms with van der Waals surface area (Å²) in [7, 11) is 2.99. The predicted molar refractivity (Wildman–Crippen MR) is 73.1 cm³/mol. The van der Waals surface area contributed by atoms with Crippen LogP contribution in [-0.4, -0.2) is 36.7 Å². The van der Waals surface area contributed by atoms with Crippen LogP contribution in [0.4, 0.5) is 0 Å². The molecule has 1 amide bonds. The zero-order valence-electron chi connectivity index (χ0n) is 12.0. The van der Waals surface area contributed by atoms with Gasteiger partial charge >= 0.3 is 5.97 Å². The van der Waals surface area contributed by atoms with Crippen molar-refractivity contribution in [2.75, 3.05) is 14.2 Å². The fourth-order valence-corrected chi connectivity index (χ4v) is 1.71. The number of methoxy groups -OCH3 is 2. The molecule has 0 aliphatic heterocycles. The van der Waals surface area contributed by atoms with Gasteiger partial charge in [-0.1, -0.05) is 6.07 Å². The van der Waals surface area contributed by atoms with Gasteiger partial charge in [-0.2, -0.15) is 0 Å². The van der Waals surface area contributed by atoms with E-state index >= 15 is 0 Å². The van der Waals surface area contributed by atoms with E-state index in [1.165, 1.54) is 28.1 Å². The van der Waals surface area contributed by atoms with Gasteiger partial charge in [0, 0.05) is 5.56 Å². The zero-order chi connectivity index (χ0) is 15.3. The Morgan fingerprint density at radius 3 is 2.10 bits per heavy atom. The van der Waals surface area contributed by atoms with E-state index in [4.69, 9.17) is 14.6 Å². The van der Waals surface area contributed by atoms with Gasteiger partial charge in [-0.05, 0) is 26.0 Å². The average Bonchev–Trinajstić information content (AvgIpc) is 2.38. The molecule has 0 bridgehead atoms. The van der Waals surface area contributed by atoms with Crippen molar-refractivity contribution in [3.05, 3.63) is 23.8 Å². The van der Waals surface area contributed by atoms with E-state index in [0.717, 1.165) is 0 Å². The van der Waals surface area contributed by atoms with E-state index < -0.39 is 17.4 Å². The standard InChI is InChI=1S/C14H19NO5/c1-14(2,13(17)18)15-12(16)8-9-10(19-3)6-5-7-11(9)20-4/h5-7H,8H2,1-4H3,(H,15,16)(H,17,18). The monoisotopic (exact) mass is 281 g/mol. The minimum atomic E-state index is -1.33. The van der Waals surface area contributed by atoms with Crippen molar-refractivity contribution in [2.45, 2.75) is 25.8 Å². The fourth-order valence-electron chi connectivity index (χ4n) is 1.71. The highest BCUT2D eigenvalue weighted by Gasteiger charge is 2.29. The van der Waals surface area contributed by atoms with Gasteiger partial charge in [0.25, 0.3) is 0 Å². The lowest BCUT2D eigenvalue weighted by atomic mass is 10.0. The molecular weight excluding hydrogens is 262 g/mol. The smallest absolute Gasteiger partial charge is 0.328 e. The molecule has 6 nitrogen and oxygen atoms in total. The first kappa shape index (κ1) is 15.8. The largest absolute Gasteiger partial charge is 0.496 e. The fraction of sp³-hybridized carbons (Fsp3) is 0.429. The Bertz CT molecular complexity index is 488. The Morgan fingerprint density at radius 2 is 1.70 bits per heavy atom. The number of aliphatic carboxylic acids is 1. The van der Waals surface area contributed by atoms with Crippen LogP contribution in [0.1, 0.15) is 19.4 Å². The first-order chi connectivity index (χ1) is 9.31. The number of carbonyl (C=O) groups excluding carboxylic acids is 1. The first-order valence-electron chi connectivity index (χ1n) is 6.06. The third kappa shape index (κ3) is 3.63. The lowest BCUT2D eigenvalue weighted by Gasteiger charge is -2.21. The Labute approximate surface area is 117 Å². The molecule has 0 fully saturated rings. The SMILES string of the molecule is COc1cccc(OC)c1CC(=O)NC(C)(C)C(=O)O. The lowest BCUT2D eigenvalue weighted by molar-refractivity contribution is -0.145. The van der Waals surface area contributed by atoms with Gasteiger partial charge in [0.2, 0.25) is 5.91 Å². The zero-order valence-corrected chi connectivity index (χ0v) is 12.0. The minimum absolute atomic E-state index is 0.0239. The number of carboxylic acids is 1. The third-order valence-corrected chi connectivity index (χ3v) is 2.85. The minimum Gasteiger partial charge on any atom is -0.496 e. The Balaban J connectivity index is 2.93. The van der Waals surface area contributed by atoms with E-state index in [-0.39, 0.29) is 6.42 Å². The predicted octanol–water partition coefficient (Wildman–Crippen LogP) is 1.23. The summed E-state index contributed by atoms with van der Waals surface area (Å²) in [4.78, 5) is 23.0. The number of carbonyl (C=O) groups is 2. The van der Waals surface area contributed by atoms with E-state index in [9.17, 15) is 9.59 Å². The number of carboxylic acid groups (broad SMARTS) is 1. The van der Waals surface area contributed by atoms with Crippen LogP contribution in [0.25, 0.3) is 0 Å². The van der Waals surface area contributed by atoms with Gasteiger partial charge in [-0.25, -0.2) is 4.79 Å². The van der Waals surface area contributed by atoms with Crippen LogP contribution in [0.5, 0.6) is 11.5 Å². The molecule has 0 aliphatic carbocycles. The lowest BCUT2D eigenvalue weighted by Crippen LogP contribution is -2.50. The normalized spacial score (nSPS) is 10.8. The van der Waals surface area contributed by atoms with Gasteiger partial charge in [-0.15, -0.1) is 0 Å². The molecule has 0 unspecified atom stereocenters. The first-order valence-corrected chi connectivity index (χ1v) is 6.06. The molecule has 0 saturated heterocycles. The molecule has 110 valence electrons. The summed E-state index contributed by atoms with van der Waals surface area (Å²) >= 11 is 0. The van der Waals surface area contributed by atoms with E-state index in [1.807, 2.05) is 0 Å². The summed E-state index contributed by atoms with van der Waals surface area (Å²) in [5.41, 5.74) is -0.747. The van der Waals surface area contributed by atoms with Gasteiger partial charge in [0.15, 0.2) is 0 Å². The van der Waals surface area contributed by atoms with Crippen molar-refractivity contribution < 1.29 is 24.2 Å². The van der Waals surface area contributed by atoms with Crippen LogP contribution in [-0.2, 0) is 16.0 Å². The third-order valence-electron chi connectivity index (χ3n) is 2.85. The molecule has 0 atom stereocenters. The summed E-state index contributed by atoms with van der Waals surface area (Å²) in [6.07, 6.45) is -0.0239. The summed E-state index contributed by atoms with van der Waals surface area (Å²) in [5, 5.41) is 11.5. The van der Waals surface area contributed by atoms with Crippen LogP contribution >= 0.6 is 0 Å². The van der Waals surface area contributed by atoms with Crippen LogP contribution in [0.2, 0.25) is 0 Å². The molecular formula is C14H19NO5. The number of amides is 1. The molecule has 1 rings (SSSR count). The summed E-state index contributed by atoms with van der Waals surface area (Å²) in [6, 6.07) is 5.18. The van der Waals surface area contributed by atoms with Crippen molar-refractivity contribution >= 4 is 11.9 Å². The second-order valence-corrected chi connectivity index (χ2v) is 4.80. The molecule has 1 aromatic rings. The highest BCUT2D eigenvalue weighted by molar-refractivity contribution is 5.87. The average molecular weight is 281 g/mol. The summed E-state index contributed by atoms with van der Waals surface area (Å²) in [6.45, 7) is 2.85. The number of hydrogen-bond donors (Lipinski definition) is 2. The number of rotatable bonds is 6. The highest BCUT2D eigenvalue weighted by Crippen LogP contribution is 2.28. The maximum absolute atomic E-state index is 12.0. The Kier molecular flexibility index (Phi) is 4.96. The molecule has 0 radical (unpaired) electrons. The topological polar surface area (TPSA) is 84.9 Å².